The Kier molecular flexibility index (Phi) is 4.94. The van der Waals surface area contributed by atoms with E-state index in [2.05, 4.69) is 0 Å². The summed E-state index contributed by atoms with van der Waals surface area (Å²) in [5.41, 5.74) is -3.58. The molecular formula is C22H30O9. The van der Waals surface area contributed by atoms with E-state index in [0.29, 0.717) is 5.57 Å². The number of Topliss-reactive ketones (excluding diaryl/α,β-unsaturated/α-hetero) is 1. The first-order chi connectivity index (χ1) is 14.3. The maximum absolute atomic E-state index is 12.7. The SMILES string of the molecule is CC(=O)O[C@H]1[C@H](O)C/C(C)=C\[C@@H]2OC(=O)[C@]3(C)OC23[C@@H](O)[C@H]2[C@@H](C)C(=O)C[C@H](O)[C@@]21C. The van der Waals surface area contributed by atoms with Crippen LogP contribution in [0.5, 0.6) is 0 Å². The first-order valence-corrected chi connectivity index (χ1v) is 10.6. The number of hydrogen-bond donors (Lipinski definition) is 3. The molecular weight excluding hydrogens is 408 g/mol. The molecule has 9 nitrogen and oxygen atoms in total. The number of carbonyl (C=O) groups excluding carboxylic acids is 3. The Morgan fingerprint density at radius 2 is 1.84 bits per heavy atom. The van der Waals surface area contributed by atoms with E-state index >= 15 is 0 Å². The maximum Gasteiger partial charge on any atom is 0.342 e. The topological polar surface area (TPSA) is 143 Å². The van der Waals surface area contributed by atoms with Gasteiger partial charge in [0.05, 0.1) is 18.3 Å². The van der Waals surface area contributed by atoms with Crippen molar-refractivity contribution in [1.29, 1.82) is 0 Å². The number of rotatable bonds is 1. The molecule has 10 atom stereocenters. The Hall–Kier alpha value is -1.81. The summed E-state index contributed by atoms with van der Waals surface area (Å²) in [4.78, 5) is 37.2. The molecule has 0 bridgehead atoms. The van der Waals surface area contributed by atoms with Gasteiger partial charge in [-0.2, -0.15) is 0 Å². The van der Waals surface area contributed by atoms with Gasteiger partial charge in [-0.3, -0.25) is 9.59 Å². The summed E-state index contributed by atoms with van der Waals surface area (Å²) in [7, 11) is 0. The maximum atomic E-state index is 12.7. The molecule has 9 heteroatoms. The molecule has 4 aliphatic rings. The first-order valence-electron chi connectivity index (χ1n) is 10.6. The zero-order chi connectivity index (χ0) is 23.1. The Morgan fingerprint density at radius 1 is 1.19 bits per heavy atom. The van der Waals surface area contributed by atoms with Gasteiger partial charge < -0.3 is 29.5 Å². The van der Waals surface area contributed by atoms with E-state index < -0.39 is 70.9 Å². The second kappa shape index (κ2) is 6.84. The van der Waals surface area contributed by atoms with E-state index in [4.69, 9.17) is 14.2 Å². The zero-order valence-corrected chi connectivity index (χ0v) is 18.3. The van der Waals surface area contributed by atoms with Crippen molar-refractivity contribution >= 4 is 17.7 Å². The lowest BCUT2D eigenvalue weighted by Crippen LogP contribution is -2.66. The van der Waals surface area contributed by atoms with Crippen LogP contribution in [0.1, 0.15) is 47.5 Å². The van der Waals surface area contributed by atoms with E-state index in [1.165, 1.54) is 13.8 Å². The number of fused-ring (bicyclic) bond motifs is 1. The molecule has 0 radical (unpaired) electrons. The van der Waals surface area contributed by atoms with Gasteiger partial charge in [0.15, 0.2) is 17.3 Å². The van der Waals surface area contributed by atoms with Crippen LogP contribution in [0.15, 0.2) is 11.6 Å². The summed E-state index contributed by atoms with van der Waals surface area (Å²) < 4.78 is 16.9. The van der Waals surface area contributed by atoms with Crippen LogP contribution >= 0.6 is 0 Å². The second-order valence-corrected chi connectivity index (χ2v) is 9.88. The van der Waals surface area contributed by atoms with Crippen molar-refractivity contribution in [2.75, 3.05) is 0 Å². The third kappa shape index (κ3) is 2.79. The van der Waals surface area contributed by atoms with Crippen LogP contribution in [-0.2, 0) is 28.6 Å². The lowest BCUT2D eigenvalue weighted by Gasteiger charge is -2.54. The van der Waals surface area contributed by atoms with Crippen molar-refractivity contribution in [2.45, 2.75) is 89.2 Å². The Balaban J connectivity index is 1.93. The smallest absolute Gasteiger partial charge is 0.342 e. The minimum Gasteiger partial charge on any atom is -0.459 e. The van der Waals surface area contributed by atoms with Crippen molar-refractivity contribution < 1.29 is 43.9 Å². The molecule has 4 rings (SSSR count). The lowest BCUT2D eigenvalue weighted by atomic mass is 9.53. The number of epoxide rings is 1. The van der Waals surface area contributed by atoms with E-state index in [-0.39, 0.29) is 18.6 Å². The fourth-order valence-electron chi connectivity index (χ4n) is 6.21. The van der Waals surface area contributed by atoms with Crippen molar-refractivity contribution in [3.63, 3.8) is 0 Å². The van der Waals surface area contributed by atoms with Crippen molar-refractivity contribution in [3.8, 4) is 0 Å². The van der Waals surface area contributed by atoms with Crippen molar-refractivity contribution in [1.82, 2.24) is 0 Å². The van der Waals surface area contributed by atoms with Crippen LogP contribution in [0.25, 0.3) is 0 Å². The molecule has 1 spiro atoms. The van der Waals surface area contributed by atoms with Crippen LogP contribution in [0.4, 0.5) is 0 Å². The Morgan fingerprint density at radius 3 is 2.42 bits per heavy atom. The highest BCUT2D eigenvalue weighted by Gasteiger charge is 2.86. The first kappa shape index (κ1) is 22.4. The zero-order valence-electron chi connectivity index (χ0n) is 18.3. The molecule has 0 amide bonds. The molecule has 0 aromatic carbocycles. The number of aliphatic hydroxyl groups excluding tert-OH is 3. The Bertz CT molecular complexity index is 867. The van der Waals surface area contributed by atoms with Gasteiger partial charge in [0.1, 0.15) is 11.9 Å². The molecule has 2 aliphatic carbocycles. The van der Waals surface area contributed by atoms with Gasteiger partial charge in [0.25, 0.3) is 0 Å². The van der Waals surface area contributed by atoms with E-state index in [1.807, 2.05) is 0 Å². The number of hydrogen-bond acceptors (Lipinski definition) is 9. The molecule has 2 aliphatic heterocycles. The van der Waals surface area contributed by atoms with Crippen LogP contribution < -0.4 is 0 Å². The fourth-order valence-corrected chi connectivity index (χ4v) is 6.21. The highest BCUT2D eigenvalue weighted by atomic mass is 16.7. The number of carbonyl (C=O) groups is 3. The van der Waals surface area contributed by atoms with Gasteiger partial charge in [0.2, 0.25) is 0 Å². The quantitative estimate of drug-likeness (QED) is 0.294. The monoisotopic (exact) mass is 438 g/mol. The van der Waals surface area contributed by atoms with Crippen LogP contribution in [-0.4, -0.2) is 74.8 Å². The van der Waals surface area contributed by atoms with E-state index in [9.17, 15) is 29.7 Å². The second-order valence-electron chi connectivity index (χ2n) is 9.88. The van der Waals surface area contributed by atoms with Gasteiger partial charge in [-0.1, -0.05) is 19.4 Å². The van der Waals surface area contributed by atoms with Crippen LogP contribution in [0.3, 0.4) is 0 Å². The molecule has 31 heavy (non-hydrogen) atoms. The van der Waals surface area contributed by atoms with Gasteiger partial charge in [-0.25, -0.2) is 4.79 Å². The largest absolute Gasteiger partial charge is 0.459 e. The molecule has 2 heterocycles. The molecule has 2 saturated heterocycles. The summed E-state index contributed by atoms with van der Waals surface area (Å²) in [5.74, 6) is -3.27. The van der Waals surface area contributed by atoms with Crippen molar-refractivity contribution in [3.05, 3.63) is 11.6 Å². The predicted octanol–water partition coefficient (Wildman–Crippen LogP) is 0.0353. The number of esters is 2. The summed E-state index contributed by atoms with van der Waals surface area (Å²) >= 11 is 0. The predicted molar refractivity (Wildman–Crippen MR) is 104 cm³/mol. The molecule has 0 aromatic rings. The Labute approximate surface area is 180 Å². The minimum atomic E-state index is -1.44. The highest BCUT2D eigenvalue weighted by molar-refractivity contribution is 5.89. The van der Waals surface area contributed by atoms with Gasteiger partial charge >= 0.3 is 11.9 Å². The normalized spacial score (nSPS) is 53.3. The summed E-state index contributed by atoms with van der Waals surface area (Å²) in [6.45, 7) is 7.70. The standard InChI is InChI=1S/C22H30O9/c1-9-6-13(25)18(29-11(3)23)20(4)14(26)8-12(24)10(2)16(20)17(27)22-15(7-9)30-19(28)21(22,5)31-22/h7,10,13-18,25-27H,6,8H2,1-5H3/b9-7-/t10-,13+,14-,15-,16+,17-,18-,20-,21-,22?/m0/s1. The average molecular weight is 438 g/mol. The summed E-state index contributed by atoms with van der Waals surface area (Å²) in [5, 5.41) is 33.8. The molecule has 3 N–H and O–H groups in total. The van der Waals surface area contributed by atoms with Crippen LogP contribution in [0.2, 0.25) is 0 Å². The van der Waals surface area contributed by atoms with Gasteiger partial charge in [0, 0.05) is 30.6 Å². The van der Waals surface area contributed by atoms with Gasteiger partial charge in [-0.15, -0.1) is 0 Å². The van der Waals surface area contributed by atoms with E-state index in [1.54, 1.807) is 26.8 Å². The fraction of sp³-hybridized carbons (Fsp3) is 0.773. The lowest BCUT2D eigenvalue weighted by molar-refractivity contribution is -0.215. The molecule has 1 unspecified atom stereocenters. The molecule has 0 aromatic heterocycles. The third-order valence-electron chi connectivity index (χ3n) is 8.00. The minimum absolute atomic E-state index is 0.0756. The molecule has 1 saturated carbocycles. The summed E-state index contributed by atoms with van der Waals surface area (Å²) in [6, 6.07) is 0. The van der Waals surface area contributed by atoms with Crippen LogP contribution in [0, 0.1) is 17.3 Å². The third-order valence-corrected chi connectivity index (χ3v) is 8.00. The highest BCUT2D eigenvalue weighted by Crippen LogP contribution is 2.64. The number of aliphatic hydroxyl groups is 3. The van der Waals surface area contributed by atoms with E-state index in [0.717, 1.165) is 0 Å². The van der Waals surface area contributed by atoms with Gasteiger partial charge in [-0.05, 0) is 26.3 Å². The average Bonchev–Trinajstić information content (AvgIpc) is 3.25. The molecule has 3 fully saturated rings. The molecule has 172 valence electrons. The summed E-state index contributed by atoms with van der Waals surface area (Å²) in [6.07, 6.45) is -4.54. The van der Waals surface area contributed by atoms with Crippen molar-refractivity contribution in [2.24, 2.45) is 17.3 Å². The number of ketones is 1. The number of ether oxygens (including phenoxy) is 3.